The third-order valence-corrected chi connectivity index (χ3v) is 16.2. The van der Waals surface area contributed by atoms with Crippen LogP contribution in [0.4, 0.5) is 17.1 Å². The van der Waals surface area contributed by atoms with Crippen LogP contribution >= 0.6 is 0 Å². The second-order valence-corrected chi connectivity index (χ2v) is 21.2. The Morgan fingerprint density at radius 3 is 2.41 bits per heavy atom. The number of azide groups is 2. The highest BCUT2D eigenvalue weighted by atomic mass is 16.5. The van der Waals surface area contributed by atoms with Crippen LogP contribution in [0, 0.1) is 6.92 Å². The second-order valence-electron chi connectivity index (χ2n) is 21.2. The maximum Gasteiger partial charge on any atom is 0.336 e. The van der Waals surface area contributed by atoms with Gasteiger partial charge >= 0.3 is 5.97 Å². The summed E-state index contributed by atoms with van der Waals surface area (Å²) in [7, 11) is 0. The molecular weight excluding hydrogens is 999 g/mol. The van der Waals surface area contributed by atoms with E-state index >= 15 is 0 Å². The summed E-state index contributed by atoms with van der Waals surface area (Å²) >= 11 is 0. The van der Waals surface area contributed by atoms with Gasteiger partial charge in [-0.15, -0.1) is 0 Å². The third kappa shape index (κ3) is 10.8. The Bertz CT molecular complexity index is 3640. The number of hydrogen-bond acceptors (Lipinski definition) is 10. The molecule has 6 aromatic rings. The van der Waals surface area contributed by atoms with Crippen LogP contribution < -0.4 is 40.2 Å². The zero-order valence-electron chi connectivity index (χ0n) is 44.5. The number of aromatic carboxylic acids is 1. The monoisotopic (exact) mass is 1060 g/mol. The van der Waals surface area contributed by atoms with E-state index in [0.29, 0.717) is 22.4 Å². The van der Waals surface area contributed by atoms with E-state index in [9.17, 15) is 35.7 Å². The smallest absolute Gasteiger partial charge is 0.336 e. The van der Waals surface area contributed by atoms with Crippen LogP contribution in [0.15, 0.2) is 95.2 Å². The van der Waals surface area contributed by atoms with Gasteiger partial charge in [-0.1, -0.05) is 46.6 Å². The van der Waals surface area contributed by atoms with E-state index in [1.54, 1.807) is 30.0 Å². The summed E-state index contributed by atoms with van der Waals surface area (Å²) in [5.41, 5.74) is 28.7. The fraction of sp³-hybridized carbons (Fsp3) is 0.377. The first-order valence-corrected chi connectivity index (χ1v) is 27.7. The normalized spacial score (nSPS) is 15.3. The molecule has 404 valence electrons. The number of fused-ring (bicyclic) bond motifs is 5. The lowest BCUT2D eigenvalue weighted by molar-refractivity contribution is -0.131. The van der Waals surface area contributed by atoms with Gasteiger partial charge in [-0.25, -0.2) is 9.37 Å². The molecule has 5 aliphatic heterocycles. The maximum atomic E-state index is 14.5. The zero-order valence-corrected chi connectivity index (χ0v) is 44.5. The van der Waals surface area contributed by atoms with Crippen LogP contribution in [0.2, 0.25) is 0 Å². The van der Waals surface area contributed by atoms with Gasteiger partial charge in [0, 0.05) is 130 Å². The highest BCUT2D eigenvalue weighted by Gasteiger charge is 2.36. The fourth-order valence-corrected chi connectivity index (χ4v) is 12.4. The van der Waals surface area contributed by atoms with Gasteiger partial charge in [0.05, 0.1) is 11.1 Å². The molecule has 0 bridgehead atoms. The molecule has 4 N–H and O–H groups in total. The largest absolute Gasteiger partial charge is 0.490 e. The number of ether oxygens (including phenoxy) is 2. The van der Waals surface area contributed by atoms with Crippen LogP contribution in [-0.2, 0) is 37.0 Å². The molecular formula is C61H64N11O7+. The van der Waals surface area contributed by atoms with Gasteiger partial charge in [0.2, 0.25) is 11.3 Å². The van der Waals surface area contributed by atoms with Crippen LogP contribution in [0.25, 0.3) is 37.2 Å². The van der Waals surface area contributed by atoms with Crippen LogP contribution in [0.3, 0.4) is 0 Å². The van der Waals surface area contributed by atoms with Crippen molar-refractivity contribution in [2.45, 2.75) is 90.2 Å². The minimum atomic E-state index is -1.11. The first-order valence-electron chi connectivity index (χ1n) is 27.7. The number of aliphatic hydroxyl groups is 1. The number of carboxylic acids is 1. The molecule has 0 saturated heterocycles. The summed E-state index contributed by atoms with van der Waals surface area (Å²) in [5.74, 6) is 0.399. The Hall–Kier alpha value is -8.40. The molecule has 6 aromatic carbocycles. The summed E-state index contributed by atoms with van der Waals surface area (Å²) < 4.78 is 15.8. The Labute approximate surface area is 457 Å². The number of carbonyl (C=O) groups excluding carboxylic acids is 2. The van der Waals surface area contributed by atoms with Gasteiger partial charge in [0.15, 0.2) is 0 Å². The molecule has 2 amide bonds. The Balaban J connectivity index is 0.882. The van der Waals surface area contributed by atoms with Crippen molar-refractivity contribution in [2.24, 2.45) is 10.2 Å². The number of aryl methyl sites for hydroxylation is 2. The zero-order chi connectivity index (χ0) is 54.6. The lowest BCUT2D eigenvalue weighted by Gasteiger charge is -2.35. The minimum Gasteiger partial charge on any atom is -0.490 e. The Kier molecular flexibility index (Phi) is 15.5. The SMILES string of the molecule is Cc1c(N=[N+]=[N-])cc(CN(CCNC(=O)c2ccc(C(=O)O)c(C3=c4cc5c6c(c4Oc4c3cc3c7c4CCCN7CCCC3)CCC[N+]=6CCCC5)c2)C(=O)CCNC[C@H](O)COc2cccc3ccccc23)cc1N=[N+]=[N-]. The number of amides is 2. The molecule has 11 rings (SSSR count). The van der Waals surface area contributed by atoms with E-state index in [4.69, 9.17) is 9.47 Å². The standard InChI is InChI=1S/C61H63N11O7/c1-37-51(66-68-62)29-38(30-52(37)67-69-63)35-72(54(74)21-22-64-34-43(73)36-78-53-18-8-14-39-11-2-3-15-44(39)53)28-23-65-60(75)42-19-20-45(61(76)77)48(33-42)55-49-31-40-12-4-6-24-70-26-9-16-46(56(40)70)58(49)79-59-47-17-10-27-71-25-7-5-13-41(57(47)71)32-50(55)59/h2-3,8,11,14-15,18-20,29-33,43,64,73H,4-7,9-10,12-13,16-17,21-28,34-36H2,1H3,(H-,65,75,76,77)/p+1/t43-/m0/s1. The average molecular weight is 1060 g/mol. The van der Waals surface area contributed by atoms with E-state index in [-0.39, 0.29) is 74.2 Å². The van der Waals surface area contributed by atoms with E-state index in [0.717, 1.165) is 129 Å². The number of aliphatic hydroxyl groups excluding tert-OH is 1. The first kappa shape index (κ1) is 52.6. The van der Waals surface area contributed by atoms with E-state index in [1.807, 2.05) is 42.5 Å². The summed E-state index contributed by atoms with van der Waals surface area (Å²) in [6.45, 7) is 6.12. The number of nitrogens with zero attached hydrogens (tertiary/aromatic N) is 9. The Morgan fingerprint density at radius 2 is 1.58 bits per heavy atom. The predicted molar refractivity (Wildman–Crippen MR) is 302 cm³/mol. The summed E-state index contributed by atoms with van der Waals surface area (Å²) in [6, 6.07) is 26.1. The molecule has 0 unspecified atom stereocenters. The van der Waals surface area contributed by atoms with Crippen molar-refractivity contribution >= 4 is 51.2 Å². The van der Waals surface area contributed by atoms with Gasteiger partial charge < -0.3 is 40.1 Å². The molecule has 0 aliphatic carbocycles. The molecule has 0 aromatic heterocycles. The molecule has 0 saturated carbocycles. The highest BCUT2D eigenvalue weighted by Crippen LogP contribution is 2.49. The lowest BCUT2D eigenvalue weighted by Crippen LogP contribution is -2.41. The number of hydrogen-bond donors (Lipinski definition) is 4. The van der Waals surface area contributed by atoms with E-state index < -0.39 is 18.0 Å². The summed E-state index contributed by atoms with van der Waals surface area (Å²) in [5, 5.41) is 39.7. The van der Waals surface area contributed by atoms with Crippen molar-refractivity contribution in [3.63, 3.8) is 0 Å². The molecule has 0 radical (unpaired) electrons. The van der Waals surface area contributed by atoms with Gasteiger partial charge in [-0.3, -0.25) is 9.59 Å². The number of carboxylic acid groups (broad SMARTS) is 1. The summed E-state index contributed by atoms with van der Waals surface area (Å²) in [4.78, 5) is 52.1. The number of carbonyl (C=O) groups is 3. The van der Waals surface area contributed by atoms with Crippen molar-refractivity contribution < 1.29 is 34.1 Å². The first-order chi connectivity index (χ1) is 38.6. The maximum absolute atomic E-state index is 14.5. The number of nitrogens with one attached hydrogen (secondary N) is 2. The van der Waals surface area contributed by atoms with Gasteiger partial charge in [-0.05, 0) is 146 Å². The van der Waals surface area contributed by atoms with Crippen LogP contribution in [0.1, 0.15) is 110 Å². The van der Waals surface area contributed by atoms with Crippen molar-refractivity contribution in [3.05, 3.63) is 172 Å². The number of anilines is 1. The predicted octanol–water partition coefficient (Wildman–Crippen LogP) is 9.12. The van der Waals surface area contributed by atoms with Crippen molar-refractivity contribution in [2.75, 3.05) is 63.9 Å². The molecule has 5 heterocycles. The molecule has 5 aliphatic rings. The second kappa shape index (κ2) is 23.3. The molecule has 1 atom stereocenters. The van der Waals surface area contributed by atoms with E-state index in [2.05, 4.69) is 52.3 Å². The van der Waals surface area contributed by atoms with Gasteiger partial charge in [0.25, 0.3) is 5.91 Å². The Morgan fingerprint density at radius 1 is 0.823 bits per heavy atom. The quantitative estimate of drug-likeness (QED) is 0.0210. The molecule has 79 heavy (non-hydrogen) atoms. The molecule has 0 fully saturated rings. The fourth-order valence-electron chi connectivity index (χ4n) is 12.4. The highest BCUT2D eigenvalue weighted by molar-refractivity contribution is 6.03. The molecule has 0 spiro atoms. The lowest BCUT2D eigenvalue weighted by atomic mass is 9.82. The average Bonchev–Trinajstić information content (AvgIpc) is 4.01. The minimum absolute atomic E-state index is 0.0158. The van der Waals surface area contributed by atoms with Crippen molar-refractivity contribution in [1.82, 2.24) is 20.1 Å². The van der Waals surface area contributed by atoms with Gasteiger partial charge in [-0.2, -0.15) is 0 Å². The van der Waals surface area contributed by atoms with Crippen LogP contribution in [-0.4, -0.2) is 98.0 Å². The molecule has 18 nitrogen and oxygen atoms in total. The summed E-state index contributed by atoms with van der Waals surface area (Å²) in [6.07, 6.45) is 8.91. The third-order valence-electron chi connectivity index (χ3n) is 16.2. The number of rotatable bonds is 18. The van der Waals surface area contributed by atoms with Crippen LogP contribution in [0.5, 0.6) is 17.2 Å². The van der Waals surface area contributed by atoms with Crippen molar-refractivity contribution in [1.29, 1.82) is 0 Å². The van der Waals surface area contributed by atoms with Crippen molar-refractivity contribution in [3.8, 4) is 17.2 Å². The number of benzene rings is 6. The topological polar surface area (TPSA) is 241 Å². The van der Waals surface area contributed by atoms with E-state index in [1.165, 1.54) is 45.4 Å². The molecule has 18 heteroatoms. The van der Waals surface area contributed by atoms with Gasteiger partial charge in [0.1, 0.15) is 43.0 Å².